The molecule has 2 nitrogen and oxygen atoms in total. The molecule has 3 N–H and O–H groups in total. The van der Waals surface area contributed by atoms with Crippen molar-refractivity contribution in [2.45, 2.75) is 79.7 Å². The second-order valence-corrected chi connectivity index (χ2v) is 7.10. The number of hydrogen-bond acceptors (Lipinski definition) is 2. The van der Waals surface area contributed by atoms with E-state index in [4.69, 9.17) is 5.73 Å². The lowest BCUT2D eigenvalue weighted by atomic mass is 10.1. The average Bonchev–Trinajstić information content (AvgIpc) is 2.67. The predicted molar refractivity (Wildman–Crippen MR) is 124 cm³/mol. The summed E-state index contributed by atoms with van der Waals surface area (Å²) in [7, 11) is 0. The number of aryl methyl sites for hydroxylation is 1. The molecule has 0 atom stereocenters. The molecule has 0 aliphatic rings. The molecule has 0 radical (unpaired) electrons. The van der Waals surface area contributed by atoms with Gasteiger partial charge in [-0.3, -0.25) is 0 Å². The minimum atomic E-state index is 0.683. The number of benzene rings is 1. The van der Waals surface area contributed by atoms with E-state index in [1.165, 1.54) is 42.4 Å². The fourth-order valence-electron chi connectivity index (χ4n) is 2.69. The third kappa shape index (κ3) is 13.1. The maximum absolute atomic E-state index is 5.48. The van der Waals surface area contributed by atoms with Crippen LogP contribution in [0.3, 0.4) is 0 Å². The molecule has 1 aromatic rings. The maximum Gasteiger partial charge on any atom is 0.0314 e. The van der Waals surface area contributed by atoms with Crippen molar-refractivity contribution in [3.8, 4) is 0 Å². The number of nitrogen functional groups attached to an aromatic ring is 1. The Kier molecular flexibility index (Phi) is 15.3. The van der Waals surface area contributed by atoms with Gasteiger partial charge in [-0.25, -0.2) is 0 Å². The molecule has 0 spiro atoms. The topological polar surface area (TPSA) is 38.0 Å². The van der Waals surface area contributed by atoms with E-state index in [-0.39, 0.29) is 0 Å². The van der Waals surface area contributed by atoms with Crippen molar-refractivity contribution in [3.63, 3.8) is 0 Å². The molecular weight excluding hydrogens is 328 g/mol. The van der Waals surface area contributed by atoms with Gasteiger partial charge in [0.25, 0.3) is 0 Å². The summed E-state index contributed by atoms with van der Waals surface area (Å²) in [5, 5.41) is 3.68. The molecule has 0 aromatic heterocycles. The Balaban J connectivity index is 0.000000621. The van der Waals surface area contributed by atoms with Crippen LogP contribution in [-0.4, -0.2) is 12.6 Å². The number of nitrogens with two attached hydrogens (primary N) is 1. The summed E-state index contributed by atoms with van der Waals surface area (Å²) < 4.78 is 0. The fraction of sp³-hybridized carbons (Fsp3) is 0.520. The van der Waals surface area contributed by atoms with Crippen LogP contribution in [0.2, 0.25) is 0 Å². The van der Waals surface area contributed by atoms with Gasteiger partial charge in [-0.15, -0.1) is 0 Å². The van der Waals surface area contributed by atoms with Gasteiger partial charge in [0.2, 0.25) is 0 Å². The molecule has 0 bridgehead atoms. The number of allylic oxidation sites excluding steroid dienone is 5. The first-order chi connectivity index (χ1) is 13.0. The first-order valence-corrected chi connectivity index (χ1v) is 10.5. The Morgan fingerprint density at radius 1 is 1.00 bits per heavy atom. The van der Waals surface area contributed by atoms with Crippen LogP contribution in [0.4, 0.5) is 5.69 Å². The molecule has 1 aromatic carbocycles. The first kappa shape index (κ1) is 25.2. The number of hydrogen-bond donors (Lipinski definition) is 2. The zero-order chi connectivity index (χ0) is 20.5. The number of rotatable bonds is 10. The van der Waals surface area contributed by atoms with Crippen LogP contribution >= 0.6 is 0 Å². The maximum atomic E-state index is 5.48. The second-order valence-electron chi connectivity index (χ2n) is 7.10. The Hall–Kier alpha value is -1.80. The third-order valence-electron chi connectivity index (χ3n) is 4.64. The Morgan fingerprint density at radius 2 is 1.59 bits per heavy atom. The predicted octanol–water partition coefficient (Wildman–Crippen LogP) is 6.84. The molecule has 0 aliphatic carbocycles. The summed E-state index contributed by atoms with van der Waals surface area (Å²) >= 11 is 0. The highest BCUT2D eigenvalue weighted by Crippen LogP contribution is 2.08. The number of nitrogens with one attached hydrogen (secondary N) is 1. The quantitative estimate of drug-likeness (QED) is 0.349. The van der Waals surface area contributed by atoms with Crippen molar-refractivity contribution in [1.82, 2.24) is 5.32 Å². The van der Waals surface area contributed by atoms with Crippen molar-refractivity contribution in [2.24, 2.45) is 0 Å². The molecule has 0 heterocycles. The molecule has 2 heteroatoms. The summed E-state index contributed by atoms with van der Waals surface area (Å²) in [5.41, 5.74) is 10.5. The van der Waals surface area contributed by atoms with E-state index in [1.807, 2.05) is 19.1 Å². The summed E-state index contributed by atoms with van der Waals surface area (Å²) in [6.07, 6.45) is 14.6. The molecule has 27 heavy (non-hydrogen) atoms. The second kappa shape index (κ2) is 16.4. The van der Waals surface area contributed by atoms with E-state index in [1.54, 1.807) is 0 Å². The lowest BCUT2D eigenvalue weighted by molar-refractivity contribution is 0.459. The van der Waals surface area contributed by atoms with E-state index in [0.717, 1.165) is 18.7 Å². The molecule has 0 aliphatic heterocycles. The van der Waals surface area contributed by atoms with Crippen LogP contribution in [0.15, 0.2) is 59.7 Å². The smallest absolute Gasteiger partial charge is 0.0314 e. The molecular formula is C25H42N2. The van der Waals surface area contributed by atoms with Crippen LogP contribution < -0.4 is 11.1 Å². The largest absolute Gasteiger partial charge is 0.399 e. The fourth-order valence-corrected chi connectivity index (χ4v) is 2.69. The minimum absolute atomic E-state index is 0.683. The Labute approximate surface area is 168 Å². The average molecular weight is 371 g/mol. The van der Waals surface area contributed by atoms with Gasteiger partial charge < -0.3 is 11.1 Å². The van der Waals surface area contributed by atoms with Crippen molar-refractivity contribution in [2.75, 3.05) is 12.3 Å². The van der Waals surface area contributed by atoms with E-state index in [2.05, 4.69) is 76.4 Å². The zero-order valence-corrected chi connectivity index (χ0v) is 18.5. The molecule has 152 valence electrons. The first-order valence-electron chi connectivity index (χ1n) is 10.5. The summed E-state index contributed by atoms with van der Waals surface area (Å²) in [6, 6.07) is 8.64. The summed E-state index contributed by atoms with van der Waals surface area (Å²) in [4.78, 5) is 0. The van der Waals surface area contributed by atoms with Crippen LogP contribution in [0.1, 0.15) is 72.8 Å². The van der Waals surface area contributed by atoms with E-state index >= 15 is 0 Å². The highest BCUT2D eigenvalue weighted by atomic mass is 14.9. The van der Waals surface area contributed by atoms with Gasteiger partial charge in [-0.05, 0) is 57.7 Å². The zero-order valence-electron chi connectivity index (χ0n) is 18.5. The summed E-state index contributed by atoms with van der Waals surface area (Å²) in [5.74, 6) is 0. The van der Waals surface area contributed by atoms with Crippen molar-refractivity contribution in [1.29, 1.82) is 0 Å². The molecule has 0 fully saturated rings. The monoisotopic (exact) mass is 370 g/mol. The molecule has 0 saturated heterocycles. The van der Waals surface area contributed by atoms with Crippen LogP contribution in [0.25, 0.3) is 0 Å². The van der Waals surface area contributed by atoms with Gasteiger partial charge in [0, 0.05) is 18.3 Å². The van der Waals surface area contributed by atoms with Crippen molar-refractivity contribution < 1.29 is 0 Å². The third-order valence-corrected chi connectivity index (χ3v) is 4.64. The summed E-state index contributed by atoms with van der Waals surface area (Å²) in [6.45, 7) is 14.1. The van der Waals surface area contributed by atoms with Gasteiger partial charge in [0.1, 0.15) is 0 Å². The van der Waals surface area contributed by atoms with E-state index in [9.17, 15) is 0 Å². The van der Waals surface area contributed by atoms with Crippen LogP contribution in [-0.2, 0) is 6.42 Å². The van der Waals surface area contributed by atoms with Gasteiger partial charge in [0.15, 0.2) is 0 Å². The lowest BCUT2D eigenvalue weighted by Gasteiger charge is -2.18. The minimum Gasteiger partial charge on any atom is -0.399 e. The normalized spacial score (nSPS) is 12.4. The van der Waals surface area contributed by atoms with Crippen LogP contribution in [0, 0.1) is 0 Å². The molecule has 0 saturated carbocycles. The van der Waals surface area contributed by atoms with E-state index in [0.29, 0.717) is 6.04 Å². The Morgan fingerprint density at radius 3 is 2.07 bits per heavy atom. The highest BCUT2D eigenvalue weighted by molar-refractivity contribution is 5.39. The molecule has 0 amide bonds. The van der Waals surface area contributed by atoms with Gasteiger partial charge in [0.05, 0.1) is 0 Å². The van der Waals surface area contributed by atoms with Crippen LogP contribution in [0.5, 0.6) is 0 Å². The van der Waals surface area contributed by atoms with Crippen molar-refractivity contribution >= 4 is 5.69 Å². The van der Waals surface area contributed by atoms with Gasteiger partial charge in [-0.1, -0.05) is 81.2 Å². The van der Waals surface area contributed by atoms with Gasteiger partial charge in [-0.2, -0.15) is 0 Å². The number of anilines is 1. The lowest BCUT2D eigenvalue weighted by Crippen LogP contribution is -2.30. The van der Waals surface area contributed by atoms with Gasteiger partial charge >= 0.3 is 0 Å². The van der Waals surface area contributed by atoms with Crippen molar-refractivity contribution in [3.05, 3.63) is 65.3 Å². The SMILES string of the molecule is CCc1ccc(N)cc1.C\C=C/C=C\C(C)=C(\C)CNC(CCC)CCC. The standard InChI is InChI=1S/C17H31N.C8H11N/c1-6-9-10-13-15(4)16(5)14-18-17(11-7-2)12-8-3;1-2-7-3-5-8(9)6-4-7/h6,9-10,13,17-18H,7-8,11-12,14H2,1-5H3;3-6H,2,9H2,1H3/b9-6-,13-10-,16-15-;. The Bertz CT molecular complexity index is 558. The molecule has 0 unspecified atom stereocenters. The molecule has 1 rings (SSSR count). The highest BCUT2D eigenvalue weighted by Gasteiger charge is 2.05. The van der Waals surface area contributed by atoms with E-state index < -0.39 is 0 Å².